The maximum absolute atomic E-state index is 12.6. The molecule has 1 heterocycles. The summed E-state index contributed by atoms with van der Waals surface area (Å²) in [6, 6.07) is 10.5. The fourth-order valence-electron chi connectivity index (χ4n) is 3.28. The molecule has 0 radical (unpaired) electrons. The second kappa shape index (κ2) is 8.69. The summed E-state index contributed by atoms with van der Waals surface area (Å²) in [6.07, 6.45) is -0.324. The molecule has 1 amide bonds. The molecule has 8 nitrogen and oxygen atoms in total. The van der Waals surface area contributed by atoms with E-state index in [-0.39, 0.29) is 23.3 Å². The van der Waals surface area contributed by atoms with Crippen LogP contribution in [0.25, 0.3) is 11.0 Å². The first-order valence-electron chi connectivity index (χ1n) is 9.11. The minimum Gasteiger partial charge on any atom is -0.493 e. The highest BCUT2D eigenvalue weighted by Crippen LogP contribution is 2.36. The van der Waals surface area contributed by atoms with Crippen molar-refractivity contribution in [1.29, 1.82) is 0 Å². The molecule has 1 aromatic heterocycles. The Morgan fingerprint density at radius 2 is 1.80 bits per heavy atom. The fraction of sp³-hybridized carbons (Fsp3) is 0.227. The van der Waals surface area contributed by atoms with Crippen LogP contribution in [0.4, 0.5) is 0 Å². The van der Waals surface area contributed by atoms with E-state index in [0.29, 0.717) is 22.3 Å². The predicted molar refractivity (Wildman–Crippen MR) is 109 cm³/mol. The normalized spacial score (nSPS) is 11.7. The highest BCUT2D eigenvalue weighted by Gasteiger charge is 2.24. The van der Waals surface area contributed by atoms with Crippen molar-refractivity contribution in [2.24, 2.45) is 0 Å². The predicted octanol–water partition coefficient (Wildman–Crippen LogP) is 2.60. The standard InChI is InChI=1S/C22H21NO7/c1-12-14-9-10-16(28-2)20(29-3)19(14)30-22(27)15(12)11-17(24)23-18(21(25)26)13-7-5-4-6-8-13/h4-10,18H,11H2,1-3H3,(H,23,24)(H,25,26). The van der Waals surface area contributed by atoms with E-state index >= 15 is 0 Å². The summed E-state index contributed by atoms with van der Waals surface area (Å²) in [5.74, 6) is -1.12. The third-order valence-electron chi connectivity index (χ3n) is 4.82. The second-order valence-electron chi connectivity index (χ2n) is 6.60. The van der Waals surface area contributed by atoms with Crippen molar-refractivity contribution in [3.63, 3.8) is 0 Å². The molecular weight excluding hydrogens is 390 g/mol. The third kappa shape index (κ3) is 3.98. The van der Waals surface area contributed by atoms with Crippen LogP contribution in [0.3, 0.4) is 0 Å². The van der Waals surface area contributed by atoms with Crippen LogP contribution in [-0.2, 0) is 16.0 Å². The largest absolute Gasteiger partial charge is 0.493 e. The molecule has 0 saturated heterocycles. The molecule has 0 fully saturated rings. The Balaban J connectivity index is 1.94. The van der Waals surface area contributed by atoms with Crippen LogP contribution in [0, 0.1) is 6.92 Å². The minimum atomic E-state index is -1.23. The molecule has 3 rings (SSSR count). The molecule has 30 heavy (non-hydrogen) atoms. The number of aliphatic carboxylic acids is 1. The summed E-state index contributed by atoms with van der Waals surface area (Å²) in [5, 5.41) is 12.5. The lowest BCUT2D eigenvalue weighted by Gasteiger charge is -2.16. The van der Waals surface area contributed by atoms with Gasteiger partial charge >= 0.3 is 11.6 Å². The van der Waals surface area contributed by atoms with Gasteiger partial charge in [0.2, 0.25) is 11.7 Å². The van der Waals surface area contributed by atoms with E-state index in [2.05, 4.69) is 5.32 Å². The van der Waals surface area contributed by atoms with Crippen LogP contribution in [0.5, 0.6) is 11.5 Å². The number of benzene rings is 2. The van der Waals surface area contributed by atoms with Gasteiger partial charge in [-0.15, -0.1) is 0 Å². The van der Waals surface area contributed by atoms with Gasteiger partial charge in [0.15, 0.2) is 17.4 Å². The number of aryl methyl sites for hydroxylation is 1. The average molecular weight is 411 g/mol. The van der Waals surface area contributed by atoms with Gasteiger partial charge < -0.3 is 24.3 Å². The van der Waals surface area contributed by atoms with Gasteiger partial charge in [-0.05, 0) is 30.2 Å². The zero-order valence-corrected chi connectivity index (χ0v) is 16.7. The monoisotopic (exact) mass is 411 g/mol. The van der Waals surface area contributed by atoms with E-state index in [0.717, 1.165) is 0 Å². The van der Waals surface area contributed by atoms with Gasteiger partial charge in [0.25, 0.3) is 0 Å². The van der Waals surface area contributed by atoms with Gasteiger partial charge in [-0.2, -0.15) is 0 Å². The molecule has 2 aromatic carbocycles. The Kier molecular flexibility index (Phi) is 6.06. The Morgan fingerprint density at radius 1 is 1.10 bits per heavy atom. The summed E-state index contributed by atoms with van der Waals surface area (Å²) in [7, 11) is 2.91. The number of amides is 1. The van der Waals surface area contributed by atoms with E-state index in [9.17, 15) is 19.5 Å². The van der Waals surface area contributed by atoms with E-state index in [4.69, 9.17) is 13.9 Å². The first kappa shape index (κ1) is 20.9. The summed E-state index contributed by atoms with van der Waals surface area (Å²) in [6.45, 7) is 1.69. The summed E-state index contributed by atoms with van der Waals surface area (Å²) in [5.41, 5.74) is 0.635. The number of hydrogen-bond acceptors (Lipinski definition) is 6. The minimum absolute atomic E-state index is 0.143. The van der Waals surface area contributed by atoms with Crippen LogP contribution in [0.2, 0.25) is 0 Å². The molecule has 0 saturated carbocycles. The van der Waals surface area contributed by atoms with Crippen LogP contribution in [0.1, 0.15) is 22.7 Å². The van der Waals surface area contributed by atoms with Crippen molar-refractivity contribution in [2.45, 2.75) is 19.4 Å². The number of carbonyl (C=O) groups is 2. The first-order chi connectivity index (χ1) is 14.4. The smallest absolute Gasteiger partial charge is 0.340 e. The van der Waals surface area contributed by atoms with Gasteiger partial charge in [0.1, 0.15) is 0 Å². The maximum Gasteiger partial charge on any atom is 0.340 e. The number of carboxylic acid groups (broad SMARTS) is 1. The second-order valence-corrected chi connectivity index (χ2v) is 6.60. The summed E-state index contributed by atoms with van der Waals surface area (Å²) >= 11 is 0. The molecule has 0 aliphatic heterocycles. The molecule has 0 bridgehead atoms. The number of rotatable bonds is 7. The van der Waals surface area contributed by atoms with Crippen molar-refractivity contribution < 1.29 is 28.6 Å². The highest BCUT2D eigenvalue weighted by atomic mass is 16.5. The molecule has 8 heteroatoms. The van der Waals surface area contributed by atoms with Crippen molar-refractivity contribution in [3.05, 3.63) is 69.6 Å². The summed E-state index contributed by atoms with van der Waals surface area (Å²) in [4.78, 5) is 36.8. The maximum atomic E-state index is 12.6. The number of nitrogens with one attached hydrogen (secondary N) is 1. The van der Waals surface area contributed by atoms with Crippen LogP contribution >= 0.6 is 0 Å². The Hall–Kier alpha value is -3.81. The Labute approximate surface area is 172 Å². The van der Waals surface area contributed by atoms with E-state index in [1.807, 2.05) is 0 Å². The lowest BCUT2D eigenvalue weighted by Crippen LogP contribution is -2.35. The van der Waals surface area contributed by atoms with Gasteiger partial charge in [0, 0.05) is 5.39 Å². The van der Waals surface area contributed by atoms with E-state index in [1.165, 1.54) is 14.2 Å². The number of methoxy groups -OCH3 is 2. The SMILES string of the molecule is COc1ccc2c(C)c(CC(=O)NC(C(=O)O)c3ccccc3)c(=O)oc2c1OC. The number of hydrogen-bond donors (Lipinski definition) is 2. The molecule has 1 atom stereocenters. The molecule has 2 N–H and O–H groups in total. The number of fused-ring (bicyclic) bond motifs is 1. The van der Waals surface area contributed by atoms with Crippen molar-refractivity contribution in [3.8, 4) is 11.5 Å². The van der Waals surface area contributed by atoms with E-state index in [1.54, 1.807) is 49.4 Å². The fourth-order valence-corrected chi connectivity index (χ4v) is 3.28. The molecule has 0 aliphatic carbocycles. The topological polar surface area (TPSA) is 115 Å². The lowest BCUT2D eigenvalue weighted by molar-refractivity contribution is -0.142. The summed E-state index contributed by atoms with van der Waals surface area (Å²) < 4.78 is 15.9. The van der Waals surface area contributed by atoms with Crippen LogP contribution in [0.15, 0.2) is 51.7 Å². The van der Waals surface area contributed by atoms with Crippen LogP contribution in [-0.4, -0.2) is 31.2 Å². The number of carboxylic acids is 1. The van der Waals surface area contributed by atoms with Crippen LogP contribution < -0.4 is 20.4 Å². The molecule has 0 aliphatic rings. The molecule has 3 aromatic rings. The van der Waals surface area contributed by atoms with E-state index < -0.39 is 23.5 Å². The van der Waals surface area contributed by atoms with Gasteiger partial charge in [-0.1, -0.05) is 30.3 Å². The zero-order valence-electron chi connectivity index (χ0n) is 16.7. The quantitative estimate of drug-likeness (QED) is 0.574. The molecule has 156 valence electrons. The van der Waals surface area contributed by atoms with Gasteiger partial charge in [-0.25, -0.2) is 9.59 Å². The average Bonchev–Trinajstić information content (AvgIpc) is 2.74. The molecular formula is C22H21NO7. The Bertz CT molecular complexity index is 1150. The lowest BCUT2D eigenvalue weighted by atomic mass is 10.0. The molecule has 0 spiro atoms. The number of carbonyl (C=O) groups excluding carboxylic acids is 1. The van der Waals surface area contributed by atoms with Crippen molar-refractivity contribution in [1.82, 2.24) is 5.32 Å². The third-order valence-corrected chi connectivity index (χ3v) is 4.82. The van der Waals surface area contributed by atoms with Crippen molar-refractivity contribution >= 4 is 22.8 Å². The molecule has 1 unspecified atom stereocenters. The first-order valence-corrected chi connectivity index (χ1v) is 9.11. The van der Waals surface area contributed by atoms with Gasteiger partial charge in [0.05, 0.1) is 26.2 Å². The van der Waals surface area contributed by atoms with Crippen molar-refractivity contribution in [2.75, 3.05) is 14.2 Å². The zero-order chi connectivity index (χ0) is 21.8. The number of ether oxygens (including phenoxy) is 2. The van der Waals surface area contributed by atoms with Gasteiger partial charge in [-0.3, -0.25) is 4.79 Å². The highest BCUT2D eigenvalue weighted by molar-refractivity contribution is 5.90. The Morgan fingerprint density at radius 3 is 2.40 bits per heavy atom.